The summed E-state index contributed by atoms with van der Waals surface area (Å²) in [5.41, 5.74) is 1.22. The van der Waals surface area contributed by atoms with Crippen molar-refractivity contribution in [2.75, 3.05) is 19.8 Å². The van der Waals surface area contributed by atoms with Crippen molar-refractivity contribution in [3.8, 4) is 5.75 Å². The van der Waals surface area contributed by atoms with Crippen LogP contribution in [0.15, 0.2) is 10.5 Å². The van der Waals surface area contributed by atoms with E-state index in [9.17, 15) is 4.79 Å². The van der Waals surface area contributed by atoms with Crippen LogP contribution in [0.25, 0.3) is 0 Å². The van der Waals surface area contributed by atoms with E-state index in [0.717, 1.165) is 23.0 Å². The Balaban J connectivity index is 1.91. The molecule has 0 saturated carbocycles. The molecule has 2 aliphatic heterocycles. The van der Waals surface area contributed by atoms with Gasteiger partial charge in [-0.05, 0) is 42.6 Å². The third kappa shape index (κ3) is 2.66. The molecule has 0 aliphatic carbocycles. The lowest BCUT2D eigenvalue weighted by Gasteiger charge is -2.34. The Labute approximate surface area is 132 Å². The average molecular weight is 355 g/mol. The molecule has 2 fully saturated rings. The highest BCUT2D eigenvalue weighted by atomic mass is 79.9. The highest BCUT2D eigenvalue weighted by Gasteiger charge is 2.41. The van der Waals surface area contributed by atoms with Gasteiger partial charge in [0, 0.05) is 6.07 Å². The lowest BCUT2D eigenvalue weighted by atomic mass is 10.2. The highest BCUT2D eigenvalue weighted by Crippen LogP contribution is 2.32. The summed E-state index contributed by atoms with van der Waals surface area (Å²) in [6, 6.07) is 2.12. The molecule has 114 valence electrons. The third-order valence-corrected chi connectivity index (χ3v) is 5.05. The second-order valence-electron chi connectivity index (χ2n) is 5.47. The number of pyridine rings is 1. The Morgan fingerprint density at radius 1 is 1.48 bits per heavy atom. The molecule has 3 heterocycles. The molecule has 2 atom stereocenters. The van der Waals surface area contributed by atoms with Crippen molar-refractivity contribution < 1.29 is 14.3 Å². The molecule has 0 radical (unpaired) electrons. The highest BCUT2D eigenvalue weighted by molar-refractivity contribution is 9.10. The second-order valence-corrected chi connectivity index (χ2v) is 6.27. The molecule has 21 heavy (non-hydrogen) atoms. The van der Waals surface area contributed by atoms with E-state index in [-0.39, 0.29) is 18.0 Å². The number of rotatable bonds is 3. The zero-order chi connectivity index (χ0) is 15.0. The summed E-state index contributed by atoms with van der Waals surface area (Å²) < 4.78 is 11.9. The number of hydrogen-bond acceptors (Lipinski definition) is 4. The first-order chi connectivity index (χ1) is 10.1. The minimum atomic E-state index is -0.0117. The molecular weight excluding hydrogens is 336 g/mol. The van der Waals surface area contributed by atoms with Crippen LogP contribution in [-0.2, 0) is 4.74 Å². The predicted molar refractivity (Wildman–Crippen MR) is 81.6 cm³/mol. The maximum Gasteiger partial charge on any atom is 0.273 e. The number of amides is 1. The van der Waals surface area contributed by atoms with Gasteiger partial charge in [-0.25, -0.2) is 4.98 Å². The van der Waals surface area contributed by atoms with Gasteiger partial charge in [-0.3, -0.25) is 4.79 Å². The van der Waals surface area contributed by atoms with Crippen LogP contribution in [0.5, 0.6) is 5.75 Å². The van der Waals surface area contributed by atoms with Crippen molar-refractivity contribution in [1.29, 1.82) is 0 Å². The van der Waals surface area contributed by atoms with Crippen molar-refractivity contribution in [2.45, 2.75) is 38.8 Å². The zero-order valence-corrected chi connectivity index (χ0v) is 13.9. The minimum Gasteiger partial charge on any atom is -0.493 e. The van der Waals surface area contributed by atoms with Crippen molar-refractivity contribution in [1.82, 2.24) is 9.88 Å². The van der Waals surface area contributed by atoms with Gasteiger partial charge in [0.2, 0.25) is 0 Å². The van der Waals surface area contributed by atoms with Crippen LogP contribution < -0.4 is 4.74 Å². The summed E-state index contributed by atoms with van der Waals surface area (Å²) in [4.78, 5) is 19.2. The number of aromatic nitrogens is 1. The third-order valence-electron chi connectivity index (χ3n) is 4.08. The topological polar surface area (TPSA) is 51.7 Å². The molecule has 0 spiro atoms. The predicted octanol–water partition coefficient (Wildman–Crippen LogP) is 2.55. The van der Waals surface area contributed by atoms with Gasteiger partial charge >= 0.3 is 0 Å². The Hall–Kier alpha value is -1.14. The van der Waals surface area contributed by atoms with Gasteiger partial charge in [-0.2, -0.15) is 0 Å². The van der Waals surface area contributed by atoms with Crippen LogP contribution >= 0.6 is 15.9 Å². The fraction of sp³-hybridized carbons (Fsp3) is 0.600. The number of hydrogen-bond donors (Lipinski definition) is 0. The van der Waals surface area contributed by atoms with Crippen molar-refractivity contribution in [3.63, 3.8) is 0 Å². The van der Waals surface area contributed by atoms with E-state index in [2.05, 4.69) is 20.9 Å². The summed E-state index contributed by atoms with van der Waals surface area (Å²) in [5.74, 6) is 0.663. The standard InChI is InChI=1S/C15H19BrN2O3/c1-3-21-13-6-12(17-9(2)14(13)16)15(19)18-10-4-5-11(18)8-20-7-10/h6,10-11H,3-5,7-8H2,1-2H3. The molecule has 1 aromatic rings. The zero-order valence-electron chi connectivity index (χ0n) is 12.3. The number of morpholine rings is 1. The lowest BCUT2D eigenvalue weighted by Crippen LogP contribution is -2.49. The van der Waals surface area contributed by atoms with Gasteiger partial charge in [0.25, 0.3) is 5.91 Å². The molecule has 2 unspecified atom stereocenters. The van der Waals surface area contributed by atoms with Crippen LogP contribution in [0.3, 0.4) is 0 Å². The molecule has 2 bridgehead atoms. The average Bonchev–Trinajstić information content (AvgIpc) is 2.72. The SMILES string of the molecule is CCOc1cc(C(=O)N2C3CCC2COC3)nc(C)c1Br. The number of nitrogens with zero attached hydrogens (tertiary/aromatic N) is 2. The smallest absolute Gasteiger partial charge is 0.273 e. The van der Waals surface area contributed by atoms with Crippen LogP contribution in [0, 0.1) is 6.92 Å². The monoisotopic (exact) mass is 354 g/mol. The van der Waals surface area contributed by atoms with E-state index in [1.807, 2.05) is 18.7 Å². The molecule has 1 amide bonds. The molecule has 0 aromatic carbocycles. The quantitative estimate of drug-likeness (QED) is 0.836. The van der Waals surface area contributed by atoms with E-state index in [0.29, 0.717) is 31.3 Å². The van der Waals surface area contributed by atoms with Crippen molar-refractivity contribution >= 4 is 21.8 Å². The fourth-order valence-electron chi connectivity index (χ4n) is 3.09. The van der Waals surface area contributed by atoms with Gasteiger partial charge in [-0.1, -0.05) is 0 Å². The molecule has 2 saturated heterocycles. The van der Waals surface area contributed by atoms with E-state index in [1.54, 1.807) is 6.07 Å². The van der Waals surface area contributed by atoms with E-state index < -0.39 is 0 Å². The van der Waals surface area contributed by atoms with Crippen LogP contribution in [0.2, 0.25) is 0 Å². The molecule has 3 rings (SSSR count). The van der Waals surface area contributed by atoms with Crippen LogP contribution in [-0.4, -0.2) is 47.7 Å². The van der Waals surface area contributed by atoms with Crippen LogP contribution in [0.1, 0.15) is 35.9 Å². The van der Waals surface area contributed by atoms with E-state index in [1.165, 1.54) is 0 Å². The number of carbonyl (C=O) groups excluding carboxylic acids is 1. The van der Waals surface area contributed by atoms with Gasteiger partial charge in [0.1, 0.15) is 11.4 Å². The molecule has 6 heteroatoms. The molecule has 1 aromatic heterocycles. The summed E-state index contributed by atoms with van der Waals surface area (Å²) in [6.45, 7) is 5.62. The first-order valence-electron chi connectivity index (χ1n) is 7.32. The van der Waals surface area contributed by atoms with Crippen molar-refractivity contribution in [3.05, 3.63) is 21.9 Å². The second kappa shape index (κ2) is 5.93. The fourth-order valence-corrected chi connectivity index (χ4v) is 3.41. The van der Waals surface area contributed by atoms with Crippen LogP contribution in [0.4, 0.5) is 0 Å². The largest absolute Gasteiger partial charge is 0.493 e. The van der Waals surface area contributed by atoms with Gasteiger partial charge in [0.15, 0.2) is 0 Å². The molecule has 0 N–H and O–H groups in total. The van der Waals surface area contributed by atoms with Gasteiger partial charge < -0.3 is 14.4 Å². The first-order valence-corrected chi connectivity index (χ1v) is 8.11. The summed E-state index contributed by atoms with van der Waals surface area (Å²) in [5, 5.41) is 0. The summed E-state index contributed by atoms with van der Waals surface area (Å²) >= 11 is 3.46. The Morgan fingerprint density at radius 3 is 2.76 bits per heavy atom. The maximum atomic E-state index is 12.8. The number of aryl methyl sites for hydroxylation is 1. The molecule has 5 nitrogen and oxygen atoms in total. The Kier molecular flexibility index (Phi) is 4.17. The Morgan fingerprint density at radius 2 is 2.14 bits per heavy atom. The van der Waals surface area contributed by atoms with E-state index in [4.69, 9.17) is 9.47 Å². The summed E-state index contributed by atoms with van der Waals surface area (Å²) in [6.07, 6.45) is 2.04. The lowest BCUT2D eigenvalue weighted by molar-refractivity contribution is -0.00749. The number of ether oxygens (including phenoxy) is 2. The van der Waals surface area contributed by atoms with Crippen molar-refractivity contribution in [2.24, 2.45) is 0 Å². The number of fused-ring (bicyclic) bond motifs is 2. The normalized spacial score (nSPS) is 24.2. The number of halogens is 1. The summed E-state index contributed by atoms with van der Waals surface area (Å²) in [7, 11) is 0. The molecule has 2 aliphatic rings. The maximum absolute atomic E-state index is 12.8. The minimum absolute atomic E-state index is 0.0117. The first kappa shape index (κ1) is 14.8. The van der Waals surface area contributed by atoms with Gasteiger partial charge in [0.05, 0.1) is 42.1 Å². The Bertz CT molecular complexity index is 548. The number of carbonyl (C=O) groups is 1. The van der Waals surface area contributed by atoms with Gasteiger partial charge in [-0.15, -0.1) is 0 Å². The van der Waals surface area contributed by atoms with E-state index >= 15 is 0 Å². The molecular formula is C15H19BrN2O3.